The lowest BCUT2D eigenvalue weighted by Crippen LogP contribution is -1.90. The van der Waals surface area contributed by atoms with Crippen molar-refractivity contribution < 1.29 is 0 Å². The number of hydrogen-bond acceptors (Lipinski definition) is 0. The van der Waals surface area contributed by atoms with Crippen molar-refractivity contribution in [3.8, 4) is 22.3 Å². The SMILES string of the molecule is Brc1c2ccccc2c(-c2ccccc2-c2ccc3ccccc3c2)c2ccccc12. The van der Waals surface area contributed by atoms with E-state index in [1.54, 1.807) is 0 Å². The predicted octanol–water partition coefficient (Wildman–Crippen LogP) is 9.24. The van der Waals surface area contributed by atoms with Gasteiger partial charge in [0.15, 0.2) is 0 Å². The Kier molecular flexibility index (Phi) is 4.36. The van der Waals surface area contributed by atoms with Crippen molar-refractivity contribution in [3.63, 3.8) is 0 Å². The average molecular weight is 459 g/mol. The lowest BCUT2D eigenvalue weighted by molar-refractivity contribution is 1.62. The molecule has 0 aromatic heterocycles. The van der Waals surface area contributed by atoms with Crippen molar-refractivity contribution in [1.82, 2.24) is 0 Å². The molecule has 0 radical (unpaired) electrons. The molecule has 0 nitrogen and oxygen atoms in total. The van der Waals surface area contributed by atoms with Gasteiger partial charge in [0, 0.05) is 4.47 Å². The largest absolute Gasteiger partial charge is 0.0616 e. The van der Waals surface area contributed by atoms with Gasteiger partial charge in [0.2, 0.25) is 0 Å². The van der Waals surface area contributed by atoms with Crippen LogP contribution in [-0.4, -0.2) is 0 Å². The number of benzene rings is 6. The summed E-state index contributed by atoms with van der Waals surface area (Å²) in [4.78, 5) is 0. The van der Waals surface area contributed by atoms with Crippen LogP contribution in [0.25, 0.3) is 54.6 Å². The zero-order chi connectivity index (χ0) is 20.8. The highest BCUT2D eigenvalue weighted by Crippen LogP contribution is 2.44. The van der Waals surface area contributed by atoms with Crippen LogP contribution in [0.3, 0.4) is 0 Å². The van der Waals surface area contributed by atoms with Crippen LogP contribution in [0, 0.1) is 0 Å². The van der Waals surface area contributed by atoms with Crippen LogP contribution in [0.2, 0.25) is 0 Å². The van der Waals surface area contributed by atoms with Crippen molar-refractivity contribution in [2.24, 2.45) is 0 Å². The van der Waals surface area contributed by atoms with Gasteiger partial charge in [0.1, 0.15) is 0 Å². The Morgan fingerprint density at radius 3 is 1.61 bits per heavy atom. The van der Waals surface area contributed by atoms with E-state index in [2.05, 4.69) is 131 Å². The van der Waals surface area contributed by atoms with E-state index in [1.807, 2.05) is 0 Å². The Balaban J connectivity index is 1.72. The second-order valence-electron chi connectivity index (χ2n) is 7.89. The molecule has 0 saturated carbocycles. The molecule has 0 amide bonds. The molecule has 6 aromatic rings. The fourth-order valence-electron chi connectivity index (χ4n) is 4.68. The van der Waals surface area contributed by atoms with Crippen LogP contribution in [0.5, 0.6) is 0 Å². The molecule has 0 atom stereocenters. The summed E-state index contributed by atoms with van der Waals surface area (Å²) in [7, 11) is 0. The van der Waals surface area contributed by atoms with E-state index in [-0.39, 0.29) is 0 Å². The van der Waals surface area contributed by atoms with Gasteiger partial charge in [-0.15, -0.1) is 0 Å². The Morgan fingerprint density at radius 1 is 0.419 bits per heavy atom. The van der Waals surface area contributed by atoms with Gasteiger partial charge < -0.3 is 0 Å². The highest BCUT2D eigenvalue weighted by atomic mass is 79.9. The van der Waals surface area contributed by atoms with Crippen LogP contribution < -0.4 is 0 Å². The smallest absolute Gasteiger partial charge is 0.0332 e. The summed E-state index contributed by atoms with van der Waals surface area (Å²) >= 11 is 3.88. The van der Waals surface area contributed by atoms with Crippen molar-refractivity contribution in [2.75, 3.05) is 0 Å². The summed E-state index contributed by atoms with van der Waals surface area (Å²) in [5, 5.41) is 7.54. The number of rotatable bonds is 2. The molecule has 0 bridgehead atoms. The minimum absolute atomic E-state index is 1.16. The van der Waals surface area contributed by atoms with Gasteiger partial charge in [-0.3, -0.25) is 0 Å². The average Bonchev–Trinajstić information content (AvgIpc) is 2.84. The van der Waals surface area contributed by atoms with E-state index < -0.39 is 0 Å². The summed E-state index contributed by atoms with van der Waals surface area (Å²) in [5.74, 6) is 0. The fraction of sp³-hybridized carbons (Fsp3) is 0. The molecule has 0 unspecified atom stereocenters. The van der Waals surface area contributed by atoms with Crippen molar-refractivity contribution in [3.05, 3.63) is 120 Å². The van der Waals surface area contributed by atoms with E-state index >= 15 is 0 Å². The second-order valence-corrected chi connectivity index (χ2v) is 8.68. The zero-order valence-corrected chi connectivity index (χ0v) is 18.4. The molecule has 0 spiro atoms. The van der Waals surface area contributed by atoms with Gasteiger partial charge in [-0.25, -0.2) is 0 Å². The first-order valence-corrected chi connectivity index (χ1v) is 11.3. The molecular formula is C30H19Br. The maximum Gasteiger partial charge on any atom is 0.0332 e. The molecule has 0 heterocycles. The van der Waals surface area contributed by atoms with Gasteiger partial charge in [-0.1, -0.05) is 109 Å². The topological polar surface area (TPSA) is 0 Å². The molecule has 31 heavy (non-hydrogen) atoms. The molecule has 6 aromatic carbocycles. The first-order chi connectivity index (χ1) is 15.3. The predicted molar refractivity (Wildman–Crippen MR) is 138 cm³/mol. The Labute approximate surface area is 189 Å². The summed E-state index contributed by atoms with van der Waals surface area (Å²) in [6.45, 7) is 0. The molecular weight excluding hydrogens is 440 g/mol. The fourth-order valence-corrected chi connectivity index (χ4v) is 5.37. The standard InChI is InChI=1S/C30H19Br/c31-30-27-15-7-5-13-25(27)29(26-14-6-8-16-28(26)30)24-12-4-3-11-23(24)22-18-17-20-9-1-2-10-21(20)19-22/h1-19H. The number of fused-ring (bicyclic) bond motifs is 3. The van der Waals surface area contributed by atoms with Gasteiger partial charge in [-0.2, -0.15) is 0 Å². The van der Waals surface area contributed by atoms with Crippen molar-refractivity contribution in [2.45, 2.75) is 0 Å². The first-order valence-electron chi connectivity index (χ1n) is 10.5. The highest BCUT2D eigenvalue weighted by Gasteiger charge is 2.16. The van der Waals surface area contributed by atoms with Crippen LogP contribution in [-0.2, 0) is 0 Å². The van der Waals surface area contributed by atoms with E-state index in [1.165, 1.54) is 54.6 Å². The molecule has 1 heteroatoms. The highest BCUT2D eigenvalue weighted by molar-refractivity contribution is 9.10. The Hall–Kier alpha value is -3.42. The van der Waals surface area contributed by atoms with E-state index in [0.717, 1.165) is 4.47 Å². The minimum Gasteiger partial charge on any atom is -0.0616 e. The third-order valence-electron chi connectivity index (χ3n) is 6.12. The third kappa shape index (κ3) is 2.97. The minimum atomic E-state index is 1.16. The summed E-state index contributed by atoms with van der Waals surface area (Å²) in [6, 6.07) is 41.5. The normalized spacial score (nSPS) is 11.4. The van der Waals surface area contributed by atoms with Crippen LogP contribution in [0.4, 0.5) is 0 Å². The summed E-state index contributed by atoms with van der Waals surface area (Å²) in [6.07, 6.45) is 0. The molecule has 0 aliphatic carbocycles. The zero-order valence-electron chi connectivity index (χ0n) is 16.8. The van der Waals surface area contributed by atoms with Gasteiger partial charge in [0.05, 0.1) is 0 Å². The Bertz CT molecular complexity index is 1540. The lowest BCUT2D eigenvalue weighted by atomic mass is 9.87. The molecule has 0 N–H and O–H groups in total. The van der Waals surface area contributed by atoms with Gasteiger partial charge >= 0.3 is 0 Å². The maximum atomic E-state index is 3.88. The molecule has 6 rings (SSSR count). The monoisotopic (exact) mass is 458 g/mol. The van der Waals surface area contributed by atoms with Gasteiger partial charge in [-0.05, 0) is 76.6 Å². The summed E-state index contributed by atoms with van der Waals surface area (Å²) in [5.41, 5.74) is 5.05. The van der Waals surface area contributed by atoms with Crippen LogP contribution in [0.15, 0.2) is 120 Å². The van der Waals surface area contributed by atoms with Crippen LogP contribution in [0.1, 0.15) is 0 Å². The lowest BCUT2D eigenvalue weighted by Gasteiger charge is -2.17. The first kappa shape index (κ1) is 18.4. The molecule has 0 saturated heterocycles. The van der Waals surface area contributed by atoms with Crippen molar-refractivity contribution in [1.29, 1.82) is 0 Å². The molecule has 146 valence electrons. The molecule has 0 aliphatic heterocycles. The maximum absolute atomic E-state index is 3.88. The Morgan fingerprint density at radius 2 is 0.935 bits per heavy atom. The number of hydrogen-bond donors (Lipinski definition) is 0. The quantitative estimate of drug-likeness (QED) is 0.226. The van der Waals surface area contributed by atoms with Crippen molar-refractivity contribution >= 4 is 48.2 Å². The third-order valence-corrected chi connectivity index (χ3v) is 6.98. The van der Waals surface area contributed by atoms with E-state index in [4.69, 9.17) is 0 Å². The number of halogens is 1. The summed E-state index contributed by atoms with van der Waals surface area (Å²) < 4.78 is 1.16. The molecule has 0 fully saturated rings. The molecule has 0 aliphatic rings. The van der Waals surface area contributed by atoms with Gasteiger partial charge in [0.25, 0.3) is 0 Å². The second kappa shape index (κ2) is 7.37. The van der Waals surface area contributed by atoms with E-state index in [0.29, 0.717) is 0 Å². The van der Waals surface area contributed by atoms with Crippen LogP contribution >= 0.6 is 15.9 Å². The van der Waals surface area contributed by atoms with E-state index in [9.17, 15) is 0 Å².